The van der Waals surface area contributed by atoms with Gasteiger partial charge in [-0.25, -0.2) is 4.79 Å². The summed E-state index contributed by atoms with van der Waals surface area (Å²) < 4.78 is 10.7. The number of methoxy groups -OCH3 is 1. The number of nitrogens with one attached hydrogen (secondary N) is 2. The maximum absolute atomic E-state index is 14.3. The van der Waals surface area contributed by atoms with E-state index in [-0.39, 0.29) is 17.7 Å². The molecule has 2 N–H and O–H groups in total. The zero-order chi connectivity index (χ0) is 30.6. The number of unbranched alkanes of at least 4 members (excludes halogenated alkanes) is 2. The zero-order valence-corrected chi connectivity index (χ0v) is 25.7. The molecule has 0 saturated carbocycles. The Morgan fingerprint density at radius 1 is 1.05 bits per heavy atom. The first-order valence-corrected chi connectivity index (χ1v) is 14.4. The molecule has 224 valence electrons. The van der Waals surface area contributed by atoms with E-state index in [0.717, 1.165) is 18.4 Å². The van der Waals surface area contributed by atoms with Crippen molar-refractivity contribution in [1.82, 2.24) is 10.2 Å². The zero-order valence-electron chi connectivity index (χ0n) is 25.7. The Labute approximate surface area is 245 Å². The van der Waals surface area contributed by atoms with Gasteiger partial charge in [-0.1, -0.05) is 64.5 Å². The van der Waals surface area contributed by atoms with Crippen molar-refractivity contribution >= 4 is 29.7 Å². The summed E-state index contributed by atoms with van der Waals surface area (Å²) in [5, 5.41) is 5.77. The summed E-state index contributed by atoms with van der Waals surface area (Å²) in [6, 6.07) is 12.7. The summed E-state index contributed by atoms with van der Waals surface area (Å²) in [4.78, 5) is 42.7. The van der Waals surface area contributed by atoms with Crippen LogP contribution < -0.4 is 15.4 Å². The monoisotopic (exact) mass is 565 g/mol. The minimum atomic E-state index is -0.948. The minimum Gasteiger partial charge on any atom is -0.497 e. The molecule has 0 aliphatic rings. The smallest absolute Gasteiger partial charge is 0.408 e. The second kappa shape index (κ2) is 15.8. The van der Waals surface area contributed by atoms with Crippen LogP contribution in [0.5, 0.6) is 5.75 Å². The van der Waals surface area contributed by atoms with Gasteiger partial charge in [-0.2, -0.15) is 0 Å². The van der Waals surface area contributed by atoms with Gasteiger partial charge in [0.25, 0.3) is 5.91 Å². The Balaban J connectivity index is 2.56. The molecule has 0 aliphatic heterocycles. The van der Waals surface area contributed by atoms with Crippen LogP contribution in [0.3, 0.4) is 0 Å². The fourth-order valence-electron chi connectivity index (χ4n) is 4.46. The lowest BCUT2D eigenvalue weighted by molar-refractivity contribution is -0.141. The van der Waals surface area contributed by atoms with Crippen molar-refractivity contribution in [3.8, 4) is 5.75 Å². The normalized spacial score (nSPS) is 12.7. The van der Waals surface area contributed by atoms with Crippen molar-refractivity contribution in [2.24, 2.45) is 5.92 Å². The van der Waals surface area contributed by atoms with Crippen LogP contribution in [-0.2, 0) is 14.3 Å². The number of benzene rings is 2. The second-order valence-electron chi connectivity index (χ2n) is 11.6. The lowest BCUT2D eigenvalue weighted by atomic mass is 9.97. The van der Waals surface area contributed by atoms with Crippen molar-refractivity contribution in [2.75, 3.05) is 19.0 Å². The molecule has 0 bridgehead atoms. The molecule has 8 nitrogen and oxygen atoms in total. The maximum Gasteiger partial charge on any atom is 0.408 e. The van der Waals surface area contributed by atoms with Gasteiger partial charge in [0.2, 0.25) is 5.91 Å². The van der Waals surface area contributed by atoms with Crippen LogP contribution in [0.1, 0.15) is 84.4 Å². The number of amides is 3. The number of ether oxygens (including phenoxy) is 2. The summed E-state index contributed by atoms with van der Waals surface area (Å²) >= 11 is 0. The average molecular weight is 566 g/mol. The molecule has 0 heterocycles. The Kier molecular flexibility index (Phi) is 12.9. The molecule has 0 aliphatic carbocycles. The number of hydrogen-bond acceptors (Lipinski definition) is 5. The molecule has 2 aromatic rings. The number of carbonyl (C=O) groups is 3. The number of rotatable bonds is 14. The fraction of sp³-hybridized carbons (Fsp3) is 0.485. The van der Waals surface area contributed by atoms with E-state index in [4.69, 9.17) is 9.47 Å². The van der Waals surface area contributed by atoms with E-state index in [1.54, 1.807) is 63.1 Å². The van der Waals surface area contributed by atoms with Crippen LogP contribution in [0.25, 0.3) is 6.08 Å². The van der Waals surface area contributed by atoms with E-state index in [2.05, 4.69) is 24.1 Å². The van der Waals surface area contributed by atoms with E-state index in [9.17, 15) is 14.4 Å². The molecule has 2 rings (SSSR count). The molecule has 41 heavy (non-hydrogen) atoms. The molecule has 0 fully saturated rings. The van der Waals surface area contributed by atoms with Crippen molar-refractivity contribution in [3.05, 3.63) is 66.2 Å². The van der Waals surface area contributed by atoms with E-state index in [1.165, 1.54) is 0 Å². The first-order chi connectivity index (χ1) is 19.4. The highest BCUT2D eigenvalue weighted by molar-refractivity contribution is 5.99. The SMILES string of the molecule is C=Cc1cccc(C(C(=O)Nc2ccc(OC)cc2)N(CCCCC)C(=O)C(CC(C)C)NC(=O)OC(C)(C)C)c1. The Morgan fingerprint density at radius 3 is 2.29 bits per heavy atom. The highest BCUT2D eigenvalue weighted by atomic mass is 16.6. The number of carbonyl (C=O) groups excluding carboxylic acids is 3. The molecule has 0 spiro atoms. The summed E-state index contributed by atoms with van der Waals surface area (Å²) in [5.41, 5.74) is 1.34. The van der Waals surface area contributed by atoms with Crippen molar-refractivity contribution in [2.45, 2.75) is 84.9 Å². The first-order valence-electron chi connectivity index (χ1n) is 14.4. The summed E-state index contributed by atoms with van der Waals surface area (Å²) in [6.07, 6.45) is 3.97. The topological polar surface area (TPSA) is 97.0 Å². The molecular formula is C33H47N3O5. The third-order valence-electron chi connectivity index (χ3n) is 6.36. The first kappa shape index (κ1) is 33.4. The van der Waals surface area contributed by atoms with Gasteiger partial charge in [-0.3, -0.25) is 9.59 Å². The third-order valence-corrected chi connectivity index (χ3v) is 6.36. The van der Waals surface area contributed by atoms with Gasteiger partial charge in [0, 0.05) is 12.2 Å². The molecule has 3 amide bonds. The third kappa shape index (κ3) is 10.9. The van der Waals surface area contributed by atoms with Gasteiger partial charge < -0.3 is 25.0 Å². The molecule has 2 atom stereocenters. The molecule has 8 heteroatoms. The average Bonchev–Trinajstić information content (AvgIpc) is 2.91. The highest BCUT2D eigenvalue weighted by Crippen LogP contribution is 2.28. The molecular weight excluding hydrogens is 518 g/mol. The highest BCUT2D eigenvalue weighted by Gasteiger charge is 2.36. The molecule has 0 aromatic heterocycles. The lowest BCUT2D eigenvalue weighted by Crippen LogP contribution is -2.53. The van der Waals surface area contributed by atoms with Crippen LogP contribution in [0.4, 0.5) is 10.5 Å². The van der Waals surface area contributed by atoms with Crippen molar-refractivity contribution < 1.29 is 23.9 Å². The van der Waals surface area contributed by atoms with Crippen LogP contribution in [0, 0.1) is 5.92 Å². The van der Waals surface area contributed by atoms with E-state index in [1.807, 2.05) is 38.1 Å². The molecule has 2 unspecified atom stereocenters. The Morgan fingerprint density at radius 2 is 1.73 bits per heavy atom. The number of anilines is 1. The summed E-state index contributed by atoms with van der Waals surface area (Å²) in [6.45, 7) is 15.6. The second-order valence-corrected chi connectivity index (χ2v) is 11.6. The van der Waals surface area contributed by atoms with Crippen LogP contribution in [0.15, 0.2) is 55.1 Å². The Hall–Kier alpha value is -3.81. The van der Waals surface area contributed by atoms with Gasteiger partial charge in [0.05, 0.1) is 7.11 Å². The predicted octanol–water partition coefficient (Wildman–Crippen LogP) is 6.98. The quantitative estimate of drug-likeness (QED) is 0.241. The lowest BCUT2D eigenvalue weighted by Gasteiger charge is -2.35. The van der Waals surface area contributed by atoms with Gasteiger partial charge in [-0.15, -0.1) is 0 Å². The van der Waals surface area contributed by atoms with E-state index in [0.29, 0.717) is 36.4 Å². The van der Waals surface area contributed by atoms with Crippen molar-refractivity contribution in [1.29, 1.82) is 0 Å². The summed E-state index contributed by atoms with van der Waals surface area (Å²) in [5.74, 6) is 0.0766. The van der Waals surface area contributed by atoms with Gasteiger partial charge in [0.15, 0.2) is 0 Å². The van der Waals surface area contributed by atoms with Gasteiger partial charge >= 0.3 is 6.09 Å². The van der Waals surface area contributed by atoms with E-state index >= 15 is 0 Å². The number of hydrogen-bond donors (Lipinski definition) is 2. The number of alkyl carbamates (subject to hydrolysis) is 1. The molecule has 2 aromatic carbocycles. The number of nitrogens with zero attached hydrogens (tertiary/aromatic N) is 1. The molecule has 0 saturated heterocycles. The predicted molar refractivity (Wildman–Crippen MR) is 165 cm³/mol. The van der Waals surface area contributed by atoms with E-state index < -0.39 is 23.8 Å². The van der Waals surface area contributed by atoms with Gasteiger partial charge in [0.1, 0.15) is 23.4 Å². The van der Waals surface area contributed by atoms with Gasteiger partial charge in [-0.05, 0) is 81.0 Å². The Bertz CT molecular complexity index is 1150. The largest absolute Gasteiger partial charge is 0.497 e. The van der Waals surface area contributed by atoms with Crippen LogP contribution in [-0.4, -0.2) is 48.1 Å². The fourth-order valence-corrected chi connectivity index (χ4v) is 4.46. The van der Waals surface area contributed by atoms with Crippen LogP contribution in [0.2, 0.25) is 0 Å². The maximum atomic E-state index is 14.3. The van der Waals surface area contributed by atoms with Crippen LogP contribution >= 0.6 is 0 Å². The van der Waals surface area contributed by atoms with Crippen molar-refractivity contribution in [3.63, 3.8) is 0 Å². The minimum absolute atomic E-state index is 0.104. The molecule has 0 radical (unpaired) electrons. The standard InChI is InChI=1S/C33H47N3O5/c1-9-11-12-20-36(31(38)28(21-23(3)4)35-32(39)41-33(5,6)7)29(25-15-13-14-24(10-2)22-25)30(37)34-26-16-18-27(40-8)19-17-26/h10,13-19,22-23,28-29H,2,9,11-12,20-21H2,1,3-8H3,(H,34,37)(H,35,39). The summed E-state index contributed by atoms with van der Waals surface area (Å²) in [7, 11) is 1.58.